The Labute approximate surface area is 134 Å². The quantitative estimate of drug-likeness (QED) is 0.744. The Hall–Kier alpha value is -2.75. The van der Waals surface area contributed by atoms with E-state index in [9.17, 15) is 9.90 Å². The molecule has 23 heavy (non-hydrogen) atoms. The number of fused-ring (bicyclic) bond motifs is 1. The Kier molecular flexibility index (Phi) is 4.33. The number of hydrogen-bond acceptors (Lipinski definition) is 3. The fourth-order valence-electron chi connectivity index (χ4n) is 2.79. The van der Waals surface area contributed by atoms with E-state index in [-0.39, 0.29) is 11.7 Å². The van der Waals surface area contributed by atoms with Crippen LogP contribution in [-0.2, 0) is 4.79 Å². The van der Waals surface area contributed by atoms with E-state index in [1.165, 1.54) is 0 Å². The monoisotopic (exact) mass is 309 g/mol. The fraction of sp³-hybridized carbons (Fsp3) is 0.211. The summed E-state index contributed by atoms with van der Waals surface area (Å²) >= 11 is 0. The van der Waals surface area contributed by atoms with Crippen molar-refractivity contribution in [1.29, 1.82) is 0 Å². The van der Waals surface area contributed by atoms with E-state index in [0.717, 1.165) is 17.2 Å². The molecule has 1 aromatic heterocycles. The highest BCUT2D eigenvalue weighted by molar-refractivity contribution is 5.89. The molecule has 3 aromatic rings. The van der Waals surface area contributed by atoms with Gasteiger partial charge in [-0.05, 0) is 35.4 Å². The standard InChI is InChI=1S/C19H19NO3/c1-2-6-17(22)20-19(16-9-5-12-23-16)18-14-8-4-3-7-13(14)10-11-15(18)21/h3-5,7-12,19,21H,2,6H2,1H3,(H,20,22)/t19-/m0/s1. The van der Waals surface area contributed by atoms with Crippen LogP contribution in [0.25, 0.3) is 10.8 Å². The van der Waals surface area contributed by atoms with Crippen LogP contribution in [-0.4, -0.2) is 11.0 Å². The highest BCUT2D eigenvalue weighted by Crippen LogP contribution is 2.36. The van der Waals surface area contributed by atoms with Crippen LogP contribution >= 0.6 is 0 Å². The van der Waals surface area contributed by atoms with Gasteiger partial charge >= 0.3 is 0 Å². The number of aromatic hydroxyl groups is 1. The maximum absolute atomic E-state index is 12.1. The van der Waals surface area contributed by atoms with Gasteiger partial charge < -0.3 is 14.8 Å². The minimum atomic E-state index is -0.518. The summed E-state index contributed by atoms with van der Waals surface area (Å²) in [5.74, 6) is 0.671. The zero-order chi connectivity index (χ0) is 16.2. The third-order valence-electron chi connectivity index (χ3n) is 3.85. The Morgan fingerprint density at radius 1 is 1.17 bits per heavy atom. The van der Waals surface area contributed by atoms with Gasteiger partial charge in [-0.3, -0.25) is 4.79 Å². The van der Waals surface area contributed by atoms with Crippen molar-refractivity contribution in [1.82, 2.24) is 5.32 Å². The van der Waals surface area contributed by atoms with E-state index < -0.39 is 6.04 Å². The predicted molar refractivity (Wildman–Crippen MR) is 89.2 cm³/mol. The molecule has 0 saturated heterocycles. The number of carbonyl (C=O) groups is 1. The fourth-order valence-corrected chi connectivity index (χ4v) is 2.79. The van der Waals surface area contributed by atoms with E-state index in [1.807, 2.05) is 37.3 Å². The Balaban J connectivity index is 2.13. The molecule has 2 aromatic carbocycles. The Morgan fingerprint density at radius 3 is 2.74 bits per heavy atom. The van der Waals surface area contributed by atoms with E-state index in [4.69, 9.17) is 4.42 Å². The minimum Gasteiger partial charge on any atom is -0.508 e. The molecule has 4 heteroatoms. The van der Waals surface area contributed by atoms with Gasteiger partial charge in [0.2, 0.25) is 5.91 Å². The highest BCUT2D eigenvalue weighted by Gasteiger charge is 2.24. The van der Waals surface area contributed by atoms with Crippen molar-refractivity contribution in [2.75, 3.05) is 0 Å². The molecule has 1 amide bonds. The number of nitrogens with one attached hydrogen (secondary N) is 1. The number of phenolic OH excluding ortho intramolecular Hbond substituents is 1. The number of benzene rings is 2. The van der Waals surface area contributed by atoms with Crippen molar-refractivity contribution in [3.8, 4) is 5.75 Å². The van der Waals surface area contributed by atoms with Gasteiger partial charge in [-0.25, -0.2) is 0 Å². The summed E-state index contributed by atoms with van der Waals surface area (Å²) in [4.78, 5) is 12.1. The maximum atomic E-state index is 12.1. The Bertz CT molecular complexity index is 809. The maximum Gasteiger partial charge on any atom is 0.220 e. The molecule has 1 heterocycles. The van der Waals surface area contributed by atoms with Gasteiger partial charge in [0, 0.05) is 12.0 Å². The zero-order valence-corrected chi connectivity index (χ0v) is 13.0. The summed E-state index contributed by atoms with van der Waals surface area (Å²) in [6.45, 7) is 1.96. The average Bonchev–Trinajstić information content (AvgIpc) is 3.08. The lowest BCUT2D eigenvalue weighted by Crippen LogP contribution is -2.29. The van der Waals surface area contributed by atoms with Crippen LogP contribution in [0.2, 0.25) is 0 Å². The summed E-state index contributed by atoms with van der Waals surface area (Å²) in [6.07, 6.45) is 2.76. The first-order chi connectivity index (χ1) is 11.2. The molecular weight excluding hydrogens is 290 g/mol. The summed E-state index contributed by atoms with van der Waals surface area (Å²) < 4.78 is 5.51. The van der Waals surface area contributed by atoms with Crippen molar-refractivity contribution < 1.29 is 14.3 Å². The van der Waals surface area contributed by atoms with Gasteiger partial charge in [0.1, 0.15) is 17.6 Å². The molecule has 0 radical (unpaired) electrons. The van der Waals surface area contributed by atoms with Crippen LogP contribution < -0.4 is 5.32 Å². The van der Waals surface area contributed by atoms with Gasteiger partial charge in [-0.2, -0.15) is 0 Å². The van der Waals surface area contributed by atoms with Gasteiger partial charge in [0.15, 0.2) is 0 Å². The number of furan rings is 1. The summed E-state index contributed by atoms with van der Waals surface area (Å²) in [6, 6.07) is 14.3. The van der Waals surface area contributed by atoms with E-state index in [1.54, 1.807) is 24.5 Å². The van der Waals surface area contributed by atoms with E-state index in [2.05, 4.69) is 5.32 Å². The second kappa shape index (κ2) is 6.57. The molecule has 1 atom stereocenters. The van der Waals surface area contributed by atoms with Crippen LogP contribution in [0.4, 0.5) is 0 Å². The molecule has 0 spiro atoms. The third kappa shape index (κ3) is 3.06. The van der Waals surface area contributed by atoms with Crippen LogP contribution in [0.15, 0.2) is 59.2 Å². The SMILES string of the molecule is CCCC(=O)N[C@@H](c1ccco1)c1c(O)ccc2ccccc12. The van der Waals surface area contributed by atoms with Crippen molar-refractivity contribution in [3.63, 3.8) is 0 Å². The van der Waals surface area contributed by atoms with Gasteiger partial charge in [-0.1, -0.05) is 37.3 Å². The number of hydrogen-bond donors (Lipinski definition) is 2. The van der Waals surface area contributed by atoms with Gasteiger partial charge in [0.25, 0.3) is 0 Å². The summed E-state index contributed by atoms with van der Waals surface area (Å²) in [7, 11) is 0. The first-order valence-electron chi connectivity index (χ1n) is 7.74. The Morgan fingerprint density at radius 2 is 2.00 bits per heavy atom. The van der Waals surface area contributed by atoms with Crippen LogP contribution in [0.3, 0.4) is 0 Å². The van der Waals surface area contributed by atoms with Crippen molar-refractivity contribution in [2.45, 2.75) is 25.8 Å². The van der Waals surface area contributed by atoms with Crippen molar-refractivity contribution in [2.24, 2.45) is 0 Å². The zero-order valence-electron chi connectivity index (χ0n) is 13.0. The molecule has 0 saturated carbocycles. The lowest BCUT2D eigenvalue weighted by atomic mass is 9.96. The van der Waals surface area contributed by atoms with Crippen LogP contribution in [0.1, 0.15) is 37.1 Å². The summed E-state index contributed by atoms with van der Waals surface area (Å²) in [5, 5.41) is 15.3. The lowest BCUT2D eigenvalue weighted by molar-refractivity contribution is -0.121. The lowest BCUT2D eigenvalue weighted by Gasteiger charge is -2.20. The minimum absolute atomic E-state index is 0.0683. The molecule has 0 unspecified atom stereocenters. The topological polar surface area (TPSA) is 62.5 Å². The molecule has 2 N–H and O–H groups in total. The molecule has 0 aliphatic carbocycles. The normalized spacial score (nSPS) is 12.2. The second-order valence-electron chi connectivity index (χ2n) is 5.49. The molecule has 118 valence electrons. The van der Waals surface area contributed by atoms with E-state index in [0.29, 0.717) is 17.7 Å². The van der Waals surface area contributed by atoms with Crippen LogP contribution in [0.5, 0.6) is 5.75 Å². The summed E-state index contributed by atoms with van der Waals surface area (Å²) in [5.41, 5.74) is 0.655. The smallest absolute Gasteiger partial charge is 0.220 e. The number of carbonyl (C=O) groups excluding carboxylic acids is 1. The van der Waals surface area contributed by atoms with Crippen molar-refractivity contribution >= 4 is 16.7 Å². The molecule has 4 nitrogen and oxygen atoms in total. The van der Waals surface area contributed by atoms with E-state index >= 15 is 0 Å². The van der Waals surface area contributed by atoms with Gasteiger partial charge in [-0.15, -0.1) is 0 Å². The molecule has 0 fully saturated rings. The molecule has 0 aliphatic rings. The number of amides is 1. The highest BCUT2D eigenvalue weighted by atomic mass is 16.3. The number of phenols is 1. The van der Waals surface area contributed by atoms with Gasteiger partial charge in [0.05, 0.1) is 6.26 Å². The van der Waals surface area contributed by atoms with Crippen molar-refractivity contribution in [3.05, 3.63) is 66.1 Å². The first-order valence-corrected chi connectivity index (χ1v) is 7.74. The molecular formula is C19H19NO3. The third-order valence-corrected chi connectivity index (χ3v) is 3.85. The first kappa shape index (κ1) is 15.2. The number of rotatable bonds is 5. The predicted octanol–water partition coefficient (Wildman–Crippen LogP) is 4.14. The van der Waals surface area contributed by atoms with Crippen LogP contribution in [0, 0.1) is 0 Å². The second-order valence-corrected chi connectivity index (χ2v) is 5.49. The molecule has 0 aliphatic heterocycles. The largest absolute Gasteiger partial charge is 0.508 e. The average molecular weight is 309 g/mol. The molecule has 0 bridgehead atoms. The molecule has 3 rings (SSSR count).